The average molecular weight is 532 g/mol. The highest BCUT2D eigenvalue weighted by atomic mass is 32.1. The van der Waals surface area contributed by atoms with E-state index >= 15 is 0 Å². The van der Waals surface area contributed by atoms with Crippen LogP contribution >= 0.6 is 11.3 Å². The molecule has 0 atom stereocenters. The van der Waals surface area contributed by atoms with E-state index in [2.05, 4.69) is 14.9 Å². The predicted octanol–water partition coefficient (Wildman–Crippen LogP) is 2.76. The zero-order chi connectivity index (χ0) is 26.9. The number of nitrogens with two attached hydrogens (primary N) is 1. The van der Waals surface area contributed by atoms with Gasteiger partial charge in [-0.3, -0.25) is 9.88 Å². The molecule has 1 saturated heterocycles. The Balaban J connectivity index is 0.000000362. The Bertz CT molecular complexity index is 923. The molecule has 0 aromatic carbocycles. The van der Waals surface area contributed by atoms with Gasteiger partial charge in [-0.1, -0.05) is 6.07 Å². The summed E-state index contributed by atoms with van der Waals surface area (Å²) in [5.41, 5.74) is 5.88. The fourth-order valence-electron chi connectivity index (χ4n) is 2.54. The quantitative estimate of drug-likeness (QED) is 0.436. The molecule has 16 heteroatoms. The number of carboxylic acids is 2. The molecule has 3 heterocycles. The van der Waals surface area contributed by atoms with Gasteiger partial charge < -0.3 is 21.1 Å². The maximum atomic E-state index is 10.6. The minimum absolute atomic E-state index is 0.352. The highest BCUT2D eigenvalue weighted by Gasteiger charge is 2.39. The molecule has 0 aliphatic carbocycles. The lowest BCUT2D eigenvalue weighted by molar-refractivity contribution is -0.193. The van der Waals surface area contributed by atoms with Crippen molar-refractivity contribution in [3.8, 4) is 10.7 Å². The van der Waals surface area contributed by atoms with Crippen LogP contribution in [0.3, 0.4) is 0 Å². The summed E-state index contributed by atoms with van der Waals surface area (Å²) >= 11 is 1.68. The van der Waals surface area contributed by atoms with E-state index in [1.165, 1.54) is 4.88 Å². The average Bonchev–Trinajstić information content (AvgIpc) is 3.24. The normalized spacial score (nSPS) is 15.8. The monoisotopic (exact) mass is 532 g/mol. The molecule has 0 amide bonds. The molecule has 0 radical (unpaired) electrons. The molecule has 0 unspecified atom stereocenters. The van der Waals surface area contributed by atoms with E-state index in [4.69, 9.17) is 25.5 Å². The van der Waals surface area contributed by atoms with Crippen molar-refractivity contribution in [1.29, 1.82) is 0 Å². The van der Waals surface area contributed by atoms with Gasteiger partial charge >= 0.3 is 24.3 Å². The summed E-state index contributed by atoms with van der Waals surface area (Å²) in [6.45, 7) is 2.99. The first kappa shape index (κ1) is 30.2. The number of pyridine rings is 1. The molecular weight excluding hydrogens is 510 g/mol. The molecule has 0 saturated carbocycles. The Morgan fingerprint density at radius 1 is 1.03 bits per heavy atom. The van der Waals surface area contributed by atoms with Crippen molar-refractivity contribution in [1.82, 2.24) is 14.9 Å². The summed E-state index contributed by atoms with van der Waals surface area (Å²) in [5, 5.41) is 25.4. The molecule has 35 heavy (non-hydrogen) atoms. The molecular formula is C19H22F6N4O5S. The number of thiazole rings is 1. The Hall–Kier alpha value is -2.82. The summed E-state index contributed by atoms with van der Waals surface area (Å²) in [5.74, 6) is -5.51. The number of aliphatic hydroxyl groups is 1. The molecule has 1 fully saturated rings. The standard InChI is InChI=1S/C15H20N4OS.2C2HF3O2/c16-11-15(20)4-7-19(8-5-15)10-12-9-18-14(21-12)13-3-1-2-6-17-13;2*3-2(4,5)1(6)7/h1-3,6,9,20H,4-5,7-8,10-11,16H2;2*(H,6,7). The van der Waals surface area contributed by atoms with E-state index in [9.17, 15) is 31.4 Å². The number of alkyl halides is 6. The molecule has 1 aliphatic heterocycles. The number of aromatic nitrogens is 2. The first-order chi connectivity index (χ1) is 16.1. The Labute approximate surface area is 198 Å². The number of carbonyl (C=O) groups is 2. The second-order valence-corrected chi connectivity index (χ2v) is 8.27. The molecule has 196 valence electrons. The van der Waals surface area contributed by atoms with Gasteiger partial charge in [0.05, 0.1) is 11.3 Å². The van der Waals surface area contributed by atoms with E-state index in [0.717, 1.165) is 43.2 Å². The minimum atomic E-state index is -5.08. The van der Waals surface area contributed by atoms with Crippen molar-refractivity contribution in [2.45, 2.75) is 37.3 Å². The molecule has 2 aromatic heterocycles. The molecule has 9 nitrogen and oxygen atoms in total. The van der Waals surface area contributed by atoms with Crippen LogP contribution in [0.4, 0.5) is 26.3 Å². The summed E-state index contributed by atoms with van der Waals surface area (Å²) < 4.78 is 63.5. The van der Waals surface area contributed by atoms with Crippen molar-refractivity contribution in [3.05, 3.63) is 35.5 Å². The Morgan fingerprint density at radius 3 is 1.94 bits per heavy atom. The van der Waals surface area contributed by atoms with Gasteiger partial charge in [0.15, 0.2) is 0 Å². The number of halogens is 6. The summed E-state index contributed by atoms with van der Waals surface area (Å²) in [4.78, 5) is 30.2. The van der Waals surface area contributed by atoms with Crippen molar-refractivity contribution in [2.75, 3.05) is 19.6 Å². The van der Waals surface area contributed by atoms with Crippen LogP contribution in [0.5, 0.6) is 0 Å². The van der Waals surface area contributed by atoms with Crippen LogP contribution < -0.4 is 5.73 Å². The lowest BCUT2D eigenvalue weighted by atomic mass is 9.92. The van der Waals surface area contributed by atoms with E-state index in [1.807, 2.05) is 24.4 Å². The van der Waals surface area contributed by atoms with E-state index in [0.29, 0.717) is 6.54 Å². The van der Waals surface area contributed by atoms with Crippen LogP contribution in [0, 0.1) is 0 Å². The smallest absolute Gasteiger partial charge is 0.475 e. The maximum absolute atomic E-state index is 10.6. The lowest BCUT2D eigenvalue weighted by Crippen LogP contribution is -2.48. The first-order valence-corrected chi connectivity index (χ1v) is 10.5. The highest BCUT2D eigenvalue weighted by Crippen LogP contribution is 2.27. The molecule has 5 N–H and O–H groups in total. The lowest BCUT2D eigenvalue weighted by Gasteiger charge is -2.37. The second kappa shape index (κ2) is 12.8. The summed E-state index contributed by atoms with van der Waals surface area (Å²) in [7, 11) is 0. The number of carboxylic acid groups (broad SMARTS) is 2. The largest absolute Gasteiger partial charge is 0.490 e. The summed E-state index contributed by atoms with van der Waals surface area (Å²) in [6.07, 6.45) is -4.96. The van der Waals surface area contributed by atoms with Gasteiger partial charge in [0.2, 0.25) is 0 Å². The van der Waals surface area contributed by atoms with Crippen LogP contribution in [-0.2, 0) is 16.1 Å². The minimum Gasteiger partial charge on any atom is -0.475 e. The van der Waals surface area contributed by atoms with Gasteiger partial charge in [-0.15, -0.1) is 11.3 Å². The molecule has 0 spiro atoms. The topological polar surface area (TPSA) is 150 Å². The molecule has 2 aromatic rings. The third-order valence-corrected chi connectivity index (χ3v) is 5.47. The predicted molar refractivity (Wildman–Crippen MR) is 111 cm³/mol. The zero-order valence-corrected chi connectivity index (χ0v) is 18.7. The number of likely N-dealkylation sites (tertiary alicyclic amines) is 1. The third kappa shape index (κ3) is 11.0. The number of nitrogens with zero attached hydrogens (tertiary/aromatic N) is 3. The van der Waals surface area contributed by atoms with Gasteiger partial charge in [-0.2, -0.15) is 26.3 Å². The third-order valence-electron chi connectivity index (χ3n) is 4.47. The fourth-order valence-corrected chi connectivity index (χ4v) is 3.47. The number of hydrogen-bond donors (Lipinski definition) is 4. The van der Waals surface area contributed by atoms with Gasteiger partial charge in [0.1, 0.15) is 5.01 Å². The fraction of sp³-hybridized carbons (Fsp3) is 0.474. The molecule has 0 bridgehead atoms. The maximum Gasteiger partial charge on any atom is 0.490 e. The Morgan fingerprint density at radius 2 is 1.54 bits per heavy atom. The van der Waals surface area contributed by atoms with Crippen LogP contribution in [0.15, 0.2) is 30.6 Å². The number of hydrogen-bond acceptors (Lipinski definition) is 8. The molecule has 1 aliphatic rings. The number of piperidine rings is 1. The molecule has 3 rings (SSSR count). The number of aliphatic carboxylic acids is 2. The first-order valence-electron chi connectivity index (χ1n) is 9.68. The SMILES string of the molecule is NCC1(O)CCN(Cc2cnc(-c3ccccn3)s2)CC1.O=C(O)C(F)(F)F.O=C(O)C(F)(F)F. The van der Waals surface area contributed by atoms with E-state index in [1.54, 1.807) is 17.5 Å². The van der Waals surface area contributed by atoms with Crippen LogP contribution in [0.2, 0.25) is 0 Å². The zero-order valence-electron chi connectivity index (χ0n) is 17.9. The number of rotatable bonds is 4. The van der Waals surface area contributed by atoms with Crippen molar-refractivity contribution >= 4 is 23.3 Å². The van der Waals surface area contributed by atoms with Crippen LogP contribution in [-0.4, -0.2) is 79.7 Å². The second-order valence-electron chi connectivity index (χ2n) is 7.16. The van der Waals surface area contributed by atoms with Gasteiger partial charge in [-0.25, -0.2) is 14.6 Å². The van der Waals surface area contributed by atoms with Gasteiger partial charge in [-0.05, 0) is 25.0 Å². The van der Waals surface area contributed by atoms with Crippen molar-refractivity contribution in [2.24, 2.45) is 5.73 Å². The van der Waals surface area contributed by atoms with Crippen LogP contribution in [0.1, 0.15) is 17.7 Å². The van der Waals surface area contributed by atoms with Crippen molar-refractivity contribution < 1.29 is 51.3 Å². The Kier molecular flexibility index (Phi) is 11.0. The van der Waals surface area contributed by atoms with Gasteiger partial charge in [0.25, 0.3) is 0 Å². The van der Waals surface area contributed by atoms with E-state index in [-0.39, 0.29) is 0 Å². The highest BCUT2D eigenvalue weighted by molar-refractivity contribution is 7.14. The van der Waals surface area contributed by atoms with E-state index < -0.39 is 29.9 Å². The van der Waals surface area contributed by atoms with Crippen LogP contribution in [0.25, 0.3) is 10.7 Å². The summed E-state index contributed by atoms with van der Waals surface area (Å²) in [6, 6.07) is 5.86. The van der Waals surface area contributed by atoms with Gasteiger partial charge in [0, 0.05) is 43.4 Å². The van der Waals surface area contributed by atoms with Crippen molar-refractivity contribution in [3.63, 3.8) is 0 Å².